The summed E-state index contributed by atoms with van der Waals surface area (Å²) in [4.78, 5) is 44.8. The van der Waals surface area contributed by atoms with Crippen molar-refractivity contribution in [1.82, 2.24) is 14.9 Å². The van der Waals surface area contributed by atoms with E-state index in [-0.39, 0.29) is 41.1 Å². The zero-order valence-corrected chi connectivity index (χ0v) is 13.3. The zero-order valence-electron chi connectivity index (χ0n) is 12.5. The number of carbonyl (C=O) groups is 3. The Morgan fingerprint density at radius 1 is 1.24 bits per heavy atom. The van der Waals surface area contributed by atoms with Crippen molar-refractivity contribution >= 4 is 29.3 Å². The van der Waals surface area contributed by atoms with Gasteiger partial charge in [-0.2, -0.15) is 0 Å². The maximum absolute atomic E-state index is 13.4. The summed E-state index contributed by atoms with van der Waals surface area (Å²) in [6.45, 7) is 0.204. The van der Waals surface area contributed by atoms with Crippen molar-refractivity contribution in [3.63, 3.8) is 0 Å². The number of aromatic nitrogens is 2. The molecule has 1 N–H and O–H groups in total. The minimum absolute atomic E-state index is 0.0921. The minimum Gasteiger partial charge on any atom is -0.447 e. The molecule has 7 nitrogen and oxygen atoms in total. The van der Waals surface area contributed by atoms with Crippen LogP contribution in [0.4, 0.5) is 9.18 Å². The first-order valence-corrected chi connectivity index (χ1v) is 7.64. The maximum Gasteiger partial charge on any atom is 0.414 e. The van der Waals surface area contributed by atoms with Crippen molar-refractivity contribution in [2.24, 2.45) is 0 Å². The minimum atomic E-state index is -0.751. The topological polar surface area (TPSA) is 92.4 Å². The molecule has 1 amide bonds. The zero-order chi connectivity index (χ0) is 17.7. The number of allylic oxidation sites excluding steroid dienone is 2. The lowest BCUT2D eigenvalue weighted by Gasteiger charge is -2.20. The number of fused-ring (bicyclic) bond motifs is 1. The van der Waals surface area contributed by atoms with E-state index < -0.39 is 23.5 Å². The van der Waals surface area contributed by atoms with Crippen LogP contribution in [0.3, 0.4) is 0 Å². The number of ketones is 2. The Bertz CT molecular complexity index is 982. The summed E-state index contributed by atoms with van der Waals surface area (Å²) in [5.41, 5.74) is -0.138. The number of halogens is 2. The lowest BCUT2D eigenvalue weighted by atomic mass is 10.0. The van der Waals surface area contributed by atoms with Gasteiger partial charge in [0.15, 0.2) is 0 Å². The molecule has 1 aliphatic heterocycles. The number of H-pyrrole nitrogens is 1. The molecule has 2 heterocycles. The van der Waals surface area contributed by atoms with Crippen LogP contribution in [0.25, 0.3) is 11.4 Å². The molecule has 1 aromatic heterocycles. The van der Waals surface area contributed by atoms with Gasteiger partial charge in [-0.1, -0.05) is 23.7 Å². The summed E-state index contributed by atoms with van der Waals surface area (Å²) in [6, 6.07) is 5.54. The van der Waals surface area contributed by atoms with Gasteiger partial charge in [0.2, 0.25) is 11.6 Å². The van der Waals surface area contributed by atoms with Crippen molar-refractivity contribution in [3.8, 4) is 11.4 Å². The fourth-order valence-electron chi connectivity index (χ4n) is 2.74. The monoisotopic (exact) mass is 361 g/mol. The van der Waals surface area contributed by atoms with Crippen LogP contribution < -0.4 is 0 Å². The second kappa shape index (κ2) is 5.52. The van der Waals surface area contributed by atoms with E-state index in [9.17, 15) is 18.8 Å². The van der Waals surface area contributed by atoms with E-state index >= 15 is 0 Å². The fourth-order valence-corrected chi connectivity index (χ4v) is 3.02. The molecule has 0 atom stereocenters. The lowest BCUT2D eigenvalue weighted by Crippen LogP contribution is -2.34. The fraction of sp³-hybridized carbons (Fsp3) is 0.125. The number of amides is 1. The first-order chi connectivity index (χ1) is 12.0. The number of imidazole rings is 1. The highest BCUT2D eigenvalue weighted by Gasteiger charge is 2.41. The number of hydrogen-bond donors (Lipinski definition) is 1. The van der Waals surface area contributed by atoms with Crippen LogP contribution in [-0.2, 0) is 4.74 Å². The molecule has 1 aromatic carbocycles. The van der Waals surface area contributed by atoms with Crippen LogP contribution in [0.1, 0.15) is 21.0 Å². The van der Waals surface area contributed by atoms with E-state index in [1.54, 1.807) is 6.07 Å². The SMILES string of the molecule is O=C1C(N2CCOC2=O)=C(Cl)C(=O)c2[nH]c(-c3cccc(F)c3)nc21. The smallest absolute Gasteiger partial charge is 0.414 e. The molecule has 0 spiro atoms. The number of nitrogens with zero attached hydrogens (tertiary/aromatic N) is 2. The van der Waals surface area contributed by atoms with Gasteiger partial charge in [0.1, 0.15) is 40.4 Å². The summed E-state index contributed by atoms with van der Waals surface area (Å²) >= 11 is 6.03. The Labute approximate surface area is 145 Å². The van der Waals surface area contributed by atoms with E-state index in [0.29, 0.717) is 5.56 Å². The van der Waals surface area contributed by atoms with E-state index in [2.05, 4.69) is 9.97 Å². The number of rotatable bonds is 2. The molecule has 0 saturated carbocycles. The summed E-state index contributed by atoms with van der Waals surface area (Å²) in [5, 5.41) is -0.384. The number of benzene rings is 1. The standard InChI is InChI=1S/C16H9ClFN3O4/c17-9-12(21-4-5-25-16(21)24)14(23)11-10(13(9)22)19-15(20-11)7-2-1-3-8(18)6-7/h1-3,6H,4-5H2,(H,19,20). The maximum atomic E-state index is 13.4. The van der Waals surface area contributed by atoms with Gasteiger partial charge in [-0.3, -0.25) is 14.5 Å². The van der Waals surface area contributed by atoms with Gasteiger partial charge in [-0.25, -0.2) is 14.2 Å². The van der Waals surface area contributed by atoms with Gasteiger partial charge in [-0.05, 0) is 12.1 Å². The molecule has 0 bridgehead atoms. The molecule has 1 aliphatic carbocycles. The van der Waals surface area contributed by atoms with Crippen LogP contribution in [0, 0.1) is 5.82 Å². The Morgan fingerprint density at radius 3 is 2.72 bits per heavy atom. The number of nitrogens with one attached hydrogen (secondary N) is 1. The quantitative estimate of drug-likeness (QED) is 0.887. The van der Waals surface area contributed by atoms with E-state index in [0.717, 1.165) is 4.90 Å². The number of cyclic esters (lactones) is 1. The molecular formula is C16H9ClFN3O4. The summed E-state index contributed by atoms with van der Waals surface area (Å²) in [6.07, 6.45) is -0.751. The van der Waals surface area contributed by atoms with Crippen LogP contribution >= 0.6 is 11.6 Å². The van der Waals surface area contributed by atoms with Crippen LogP contribution in [0.2, 0.25) is 0 Å². The van der Waals surface area contributed by atoms with Crippen LogP contribution in [0.15, 0.2) is 35.0 Å². The Hall–Kier alpha value is -3.00. The number of hydrogen-bond acceptors (Lipinski definition) is 5. The third-order valence-corrected chi connectivity index (χ3v) is 4.25. The molecule has 4 rings (SSSR count). The van der Waals surface area contributed by atoms with Crippen molar-refractivity contribution < 1.29 is 23.5 Å². The molecule has 126 valence electrons. The first-order valence-electron chi connectivity index (χ1n) is 7.27. The molecule has 2 aromatic rings. The van der Waals surface area contributed by atoms with E-state index in [1.165, 1.54) is 18.2 Å². The normalized spacial score (nSPS) is 17.2. The van der Waals surface area contributed by atoms with Crippen molar-refractivity contribution in [1.29, 1.82) is 0 Å². The van der Waals surface area contributed by atoms with E-state index in [4.69, 9.17) is 16.3 Å². The van der Waals surface area contributed by atoms with Gasteiger partial charge in [-0.15, -0.1) is 0 Å². The van der Waals surface area contributed by atoms with E-state index in [1.807, 2.05) is 0 Å². The summed E-state index contributed by atoms with van der Waals surface area (Å²) < 4.78 is 18.2. The Kier molecular flexibility index (Phi) is 3.43. The molecule has 0 radical (unpaired) electrons. The Morgan fingerprint density at radius 2 is 2.04 bits per heavy atom. The number of carbonyl (C=O) groups excluding carboxylic acids is 3. The highest BCUT2D eigenvalue weighted by atomic mass is 35.5. The lowest BCUT2D eigenvalue weighted by molar-refractivity contribution is 0.0948. The predicted octanol–water partition coefficient (Wildman–Crippen LogP) is 2.50. The second-order valence-corrected chi connectivity index (χ2v) is 5.78. The molecule has 1 fully saturated rings. The van der Waals surface area contributed by atoms with Crippen LogP contribution in [0.5, 0.6) is 0 Å². The van der Waals surface area contributed by atoms with Gasteiger partial charge >= 0.3 is 6.09 Å². The van der Waals surface area contributed by atoms with Gasteiger partial charge in [0, 0.05) is 5.56 Å². The van der Waals surface area contributed by atoms with Crippen molar-refractivity contribution in [2.75, 3.05) is 13.2 Å². The van der Waals surface area contributed by atoms with Crippen molar-refractivity contribution in [3.05, 3.63) is 52.2 Å². The Balaban J connectivity index is 1.81. The first kappa shape index (κ1) is 15.5. The third-order valence-electron chi connectivity index (χ3n) is 3.90. The molecule has 1 saturated heterocycles. The highest BCUT2D eigenvalue weighted by molar-refractivity contribution is 6.49. The predicted molar refractivity (Wildman–Crippen MR) is 83.6 cm³/mol. The molecular weight excluding hydrogens is 353 g/mol. The van der Waals surface area contributed by atoms with Gasteiger partial charge in [0.25, 0.3) is 0 Å². The third kappa shape index (κ3) is 2.33. The largest absolute Gasteiger partial charge is 0.447 e. The average Bonchev–Trinajstić information content (AvgIpc) is 3.20. The average molecular weight is 362 g/mol. The van der Waals surface area contributed by atoms with Gasteiger partial charge < -0.3 is 9.72 Å². The number of Topliss-reactive ketones (excluding diaryl/α,β-unsaturated/α-hetero) is 2. The van der Waals surface area contributed by atoms with Gasteiger partial charge in [0.05, 0.1) is 6.54 Å². The van der Waals surface area contributed by atoms with Crippen LogP contribution in [-0.4, -0.2) is 45.7 Å². The number of ether oxygens (including phenoxy) is 1. The summed E-state index contributed by atoms with van der Waals surface area (Å²) in [5.74, 6) is -1.67. The number of aromatic amines is 1. The molecule has 0 unspecified atom stereocenters. The van der Waals surface area contributed by atoms with Crippen molar-refractivity contribution in [2.45, 2.75) is 0 Å². The second-order valence-electron chi connectivity index (χ2n) is 5.41. The summed E-state index contributed by atoms with van der Waals surface area (Å²) in [7, 11) is 0. The molecule has 9 heteroatoms. The highest BCUT2D eigenvalue weighted by Crippen LogP contribution is 2.32. The molecule has 25 heavy (non-hydrogen) atoms. The molecule has 2 aliphatic rings.